The molecular weight excluding hydrogens is 735 g/mol. The van der Waals surface area contributed by atoms with Gasteiger partial charge in [-0.15, -0.1) is 0 Å². The average molecular weight is 796 g/mol. The van der Waals surface area contributed by atoms with Crippen LogP contribution in [0.5, 0.6) is 11.5 Å². The number of Topliss-reactive ketones (excluding diaryl/α,β-unsaturated/α-hetero) is 1. The van der Waals surface area contributed by atoms with Gasteiger partial charge in [-0.05, 0) is 171 Å². The molecule has 8 unspecified atom stereocenters. The van der Waals surface area contributed by atoms with Crippen LogP contribution in [0.3, 0.4) is 0 Å². The molecule has 6 bridgehead atoms. The van der Waals surface area contributed by atoms with E-state index >= 15 is 4.79 Å². The van der Waals surface area contributed by atoms with Crippen LogP contribution in [-0.2, 0) is 0 Å². The van der Waals surface area contributed by atoms with Crippen molar-refractivity contribution in [2.75, 3.05) is 20.2 Å². The van der Waals surface area contributed by atoms with Gasteiger partial charge in [0.1, 0.15) is 11.5 Å². The lowest BCUT2D eigenvalue weighted by Gasteiger charge is -2.71. The SMILES string of the molecule is COc1ccc(C(=O)C2=CC34C=CC25C(CCC2(C)C5CCC2(O)CN(CC25CC6CC(CC(C6)C2)C5)C(=O)Oc2ccc5ccccc5c2)C3(C)CCC(O)C4)cc1. The molecule has 10 aliphatic rings. The standard InChI is InChI=1S/C52H61NO6/c1-47-17-14-39(54)29-50(47)20-21-52(42(30-50)45(55)37-9-11-40(58-3)12-10-37)43(47)15-18-48(2)44(52)16-19-51(48,57)32-53(31-49-26-33-22-34(27-49)24-35(23-33)28-49)46(56)59-41-13-8-36-6-4-5-7-38(36)25-41/h4-13,20-21,25,30,33-35,39,43-44,54,57H,14-19,22-24,26-29,31-32H2,1-3H3. The van der Waals surface area contributed by atoms with Crippen LogP contribution in [0.2, 0.25) is 0 Å². The molecule has 8 atom stereocenters. The van der Waals surface area contributed by atoms with Crippen molar-refractivity contribution >= 4 is 22.6 Å². The lowest BCUT2D eigenvalue weighted by Crippen LogP contribution is -2.67. The van der Waals surface area contributed by atoms with Gasteiger partial charge in [0, 0.05) is 33.9 Å². The lowest BCUT2D eigenvalue weighted by molar-refractivity contribution is -0.176. The number of benzene rings is 3. The summed E-state index contributed by atoms with van der Waals surface area (Å²) in [5.41, 5.74) is -1.33. The van der Waals surface area contributed by atoms with Crippen LogP contribution < -0.4 is 9.47 Å². The maximum atomic E-state index is 15.1. The summed E-state index contributed by atoms with van der Waals surface area (Å²) < 4.78 is 11.8. The summed E-state index contributed by atoms with van der Waals surface area (Å²) in [6.45, 7) is 5.54. The van der Waals surface area contributed by atoms with Crippen LogP contribution in [0.1, 0.15) is 108 Å². The third-order valence-corrected chi connectivity index (χ3v) is 18.6. The van der Waals surface area contributed by atoms with Crippen LogP contribution in [0, 0.1) is 56.7 Å². The minimum absolute atomic E-state index is 0.0108. The number of ketones is 1. The molecule has 310 valence electrons. The number of hydrogen-bond acceptors (Lipinski definition) is 6. The molecule has 10 aliphatic carbocycles. The van der Waals surface area contributed by atoms with Crippen molar-refractivity contribution in [3.63, 3.8) is 0 Å². The average Bonchev–Trinajstić information content (AvgIpc) is 3.49. The molecule has 3 aromatic rings. The van der Waals surface area contributed by atoms with Crippen LogP contribution in [-0.4, -0.2) is 58.9 Å². The first kappa shape index (κ1) is 38.0. The second-order valence-corrected chi connectivity index (χ2v) is 21.5. The Bertz CT molecular complexity index is 2240. The topological polar surface area (TPSA) is 96.3 Å². The van der Waals surface area contributed by atoms with Gasteiger partial charge >= 0.3 is 6.09 Å². The fourth-order valence-corrected chi connectivity index (χ4v) is 16.3. The van der Waals surface area contributed by atoms with E-state index in [9.17, 15) is 15.0 Å². The Morgan fingerprint density at radius 1 is 0.746 bits per heavy atom. The minimum Gasteiger partial charge on any atom is -0.497 e. The first-order chi connectivity index (χ1) is 28.3. The molecule has 0 aliphatic heterocycles. The Morgan fingerprint density at radius 3 is 2.10 bits per heavy atom. The van der Waals surface area contributed by atoms with Crippen LogP contribution in [0.25, 0.3) is 10.8 Å². The van der Waals surface area contributed by atoms with Gasteiger partial charge in [0.2, 0.25) is 0 Å². The van der Waals surface area contributed by atoms with E-state index in [4.69, 9.17) is 9.47 Å². The number of fused-ring (bicyclic) bond motifs is 2. The van der Waals surface area contributed by atoms with Crippen molar-refractivity contribution in [2.24, 2.45) is 56.7 Å². The highest BCUT2D eigenvalue weighted by Crippen LogP contribution is 2.78. The number of hydrogen-bond donors (Lipinski definition) is 2. The van der Waals surface area contributed by atoms with Gasteiger partial charge in [0.05, 0.1) is 25.4 Å². The van der Waals surface area contributed by atoms with Gasteiger partial charge in [0.15, 0.2) is 5.78 Å². The highest BCUT2D eigenvalue weighted by atomic mass is 16.6. The predicted octanol–water partition coefficient (Wildman–Crippen LogP) is 10.3. The molecule has 3 aromatic carbocycles. The largest absolute Gasteiger partial charge is 0.497 e. The maximum Gasteiger partial charge on any atom is 0.415 e. The van der Waals surface area contributed by atoms with Gasteiger partial charge in [-0.25, -0.2) is 4.79 Å². The Hall–Kier alpha value is -3.94. The lowest BCUT2D eigenvalue weighted by atomic mass is 9.32. The number of aliphatic hydroxyl groups is 2. The van der Waals surface area contributed by atoms with E-state index in [0.717, 1.165) is 85.5 Å². The highest BCUT2D eigenvalue weighted by molar-refractivity contribution is 6.10. The summed E-state index contributed by atoms with van der Waals surface area (Å²) in [5.74, 6) is 3.65. The number of allylic oxidation sites excluding steroid dienone is 4. The second kappa shape index (κ2) is 13.0. The number of ether oxygens (including phenoxy) is 2. The van der Waals surface area contributed by atoms with Gasteiger partial charge < -0.3 is 24.6 Å². The molecule has 7 saturated carbocycles. The fraction of sp³-hybridized carbons (Fsp3) is 0.577. The Labute approximate surface area is 349 Å². The number of amides is 1. The normalized spacial score (nSPS) is 42.2. The molecule has 2 spiro atoms. The van der Waals surface area contributed by atoms with E-state index in [-0.39, 0.29) is 41.1 Å². The molecule has 7 fully saturated rings. The molecular formula is C52H61NO6. The van der Waals surface area contributed by atoms with Gasteiger partial charge in [-0.2, -0.15) is 0 Å². The third-order valence-electron chi connectivity index (χ3n) is 18.6. The van der Waals surface area contributed by atoms with Crippen molar-refractivity contribution in [2.45, 2.75) is 109 Å². The predicted molar refractivity (Wildman–Crippen MR) is 228 cm³/mol. The van der Waals surface area contributed by atoms with E-state index < -0.39 is 27.9 Å². The van der Waals surface area contributed by atoms with Crippen LogP contribution in [0.15, 0.2) is 90.5 Å². The van der Waals surface area contributed by atoms with E-state index in [2.05, 4.69) is 38.1 Å². The molecule has 0 aromatic heterocycles. The first-order valence-corrected chi connectivity index (χ1v) is 22.8. The molecule has 59 heavy (non-hydrogen) atoms. The zero-order valence-electron chi connectivity index (χ0n) is 35.1. The van der Waals surface area contributed by atoms with E-state index in [1.54, 1.807) is 7.11 Å². The van der Waals surface area contributed by atoms with Crippen molar-refractivity contribution < 1.29 is 29.3 Å². The Morgan fingerprint density at radius 2 is 1.39 bits per heavy atom. The quantitative estimate of drug-likeness (QED) is 0.174. The monoisotopic (exact) mass is 795 g/mol. The minimum atomic E-state index is -1.18. The summed E-state index contributed by atoms with van der Waals surface area (Å²) in [4.78, 5) is 31.8. The van der Waals surface area contributed by atoms with Crippen molar-refractivity contribution in [3.05, 3.63) is 96.1 Å². The molecule has 0 radical (unpaired) electrons. The van der Waals surface area contributed by atoms with Gasteiger partial charge in [-0.3, -0.25) is 4.79 Å². The molecule has 0 saturated heterocycles. The molecule has 7 heteroatoms. The number of methoxy groups -OCH3 is 1. The molecule has 0 heterocycles. The maximum absolute atomic E-state index is 15.1. The molecule has 13 rings (SSSR count). The summed E-state index contributed by atoms with van der Waals surface area (Å²) in [6.07, 6.45) is 19.0. The fourth-order valence-electron chi connectivity index (χ4n) is 16.3. The van der Waals surface area contributed by atoms with E-state index in [1.807, 2.05) is 65.6 Å². The summed E-state index contributed by atoms with van der Waals surface area (Å²) in [7, 11) is 1.64. The number of aliphatic hydroxyl groups excluding tert-OH is 1. The second-order valence-electron chi connectivity index (χ2n) is 21.5. The molecule has 2 N–H and O–H groups in total. The van der Waals surface area contributed by atoms with Crippen molar-refractivity contribution in [1.82, 2.24) is 4.90 Å². The van der Waals surface area contributed by atoms with Crippen molar-refractivity contribution in [1.29, 1.82) is 0 Å². The Kier molecular flexibility index (Phi) is 8.40. The first-order valence-electron chi connectivity index (χ1n) is 22.8. The van der Waals surface area contributed by atoms with E-state index in [0.29, 0.717) is 36.4 Å². The van der Waals surface area contributed by atoms with Gasteiger partial charge in [0.25, 0.3) is 0 Å². The zero-order valence-corrected chi connectivity index (χ0v) is 35.1. The third kappa shape index (κ3) is 5.44. The molecule has 7 nitrogen and oxygen atoms in total. The summed E-state index contributed by atoms with van der Waals surface area (Å²) >= 11 is 0. The summed E-state index contributed by atoms with van der Waals surface area (Å²) in [5, 5.41) is 26.8. The summed E-state index contributed by atoms with van der Waals surface area (Å²) in [6, 6.07) is 21.5. The number of nitrogens with zero attached hydrogens (tertiary/aromatic N) is 1. The van der Waals surface area contributed by atoms with E-state index in [1.165, 1.54) is 19.3 Å². The van der Waals surface area contributed by atoms with Crippen molar-refractivity contribution in [3.8, 4) is 11.5 Å². The van der Waals surface area contributed by atoms with Crippen LogP contribution >= 0.6 is 0 Å². The van der Waals surface area contributed by atoms with Gasteiger partial charge in [-0.1, -0.05) is 62.4 Å². The van der Waals surface area contributed by atoms with Crippen LogP contribution in [0.4, 0.5) is 4.79 Å². The smallest absolute Gasteiger partial charge is 0.415 e. The highest BCUT2D eigenvalue weighted by Gasteiger charge is 2.74. The number of carbonyl (C=O) groups is 2. The molecule has 1 amide bonds. The number of carbonyl (C=O) groups excluding carboxylic acids is 2. The number of rotatable bonds is 8. The Balaban J connectivity index is 0.967. The zero-order chi connectivity index (χ0) is 40.6.